The second-order valence-electron chi connectivity index (χ2n) is 5.79. The minimum absolute atomic E-state index is 0.0557. The fourth-order valence-corrected chi connectivity index (χ4v) is 2.14. The Balaban J connectivity index is 3.48. The van der Waals surface area contributed by atoms with Crippen molar-refractivity contribution in [2.45, 2.75) is 46.0 Å². The first kappa shape index (κ1) is 15.7. The van der Waals surface area contributed by atoms with E-state index in [9.17, 15) is 4.79 Å². The van der Waals surface area contributed by atoms with Gasteiger partial charge in [0.25, 0.3) is 0 Å². The minimum atomic E-state index is -0.0612. The van der Waals surface area contributed by atoms with Crippen LogP contribution in [0.2, 0.25) is 0 Å². The van der Waals surface area contributed by atoms with Crippen molar-refractivity contribution in [2.24, 2.45) is 5.73 Å². The maximum Gasteiger partial charge on any atom is 0.167 e. The highest BCUT2D eigenvalue weighted by atomic mass is 16.5. The maximum atomic E-state index is 12.2. The van der Waals surface area contributed by atoms with Gasteiger partial charge >= 0.3 is 0 Å². The van der Waals surface area contributed by atoms with Crippen molar-refractivity contribution >= 4 is 5.78 Å². The Bertz CT molecular complexity index is 459. The molecule has 0 aliphatic rings. The maximum absolute atomic E-state index is 12.2. The van der Waals surface area contributed by atoms with Gasteiger partial charge in [0.1, 0.15) is 5.75 Å². The predicted molar refractivity (Wildman–Crippen MR) is 79.1 cm³/mol. The Labute approximate surface area is 116 Å². The molecule has 19 heavy (non-hydrogen) atoms. The van der Waals surface area contributed by atoms with Gasteiger partial charge < -0.3 is 10.5 Å². The number of aryl methyl sites for hydroxylation is 1. The van der Waals surface area contributed by atoms with Crippen molar-refractivity contribution in [3.05, 3.63) is 28.8 Å². The van der Waals surface area contributed by atoms with Gasteiger partial charge in [0.2, 0.25) is 0 Å². The molecule has 0 amide bonds. The summed E-state index contributed by atoms with van der Waals surface area (Å²) in [6.45, 7) is 8.83. The molecule has 3 nitrogen and oxygen atoms in total. The third-order valence-electron chi connectivity index (χ3n) is 3.24. The molecule has 0 aliphatic heterocycles. The fourth-order valence-electron chi connectivity index (χ4n) is 2.14. The van der Waals surface area contributed by atoms with E-state index in [4.69, 9.17) is 10.5 Å². The number of nitrogens with two attached hydrogens (primary N) is 1. The van der Waals surface area contributed by atoms with Gasteiger partial charge in [-0.15, -0.1) is 0 Å². The summed E-state index contributed by atoms with van der Waals surface area (Å²) in [6, 6.07) is 4.07. The molecule has 0 fully saturated rings. The predicted octanol–water partition coefficient (Wildman–Crippen LogP) is 3.09. The summed E-state index contributed by atoms with van der Waals surface area (Å²) >= 11 is 0. The van der Waals surface area contributed by atoms with Crippen molar-refractivity contribution in [1.82, 2.24) is 0 Å². The highest BCUT2D eigenvalue weighted by Gasteiger charge is 2.24. The lowest BCUT2D eigenvalue weighted by Gasteiger charge is -2.25. The molecule has 0 atom stereocenters. The molecule has 0 radical (unpaired) electrons. The van der Waals surface area contributed by atoms with Crippen LogP contribution in [0.25, 0.3) is 0 Å². The van der Waals surface area contributed by atoms with E-state index in [-0.39, 0.29) is 11.2 Å². The number of benzene rings is 1. The van der Waals surface area contributed by atoms with Gasteiger partial charge in [-0.1, -0.05) is 33.8 Å². The van der Waals surface area contributed by atoms with Crippen LogP contribution in [-0.4, -0.2) is 19.4 Å². The van der Waals surface area contributed by atoms with E-state index < -0.39 is 0 Å². The highest BCUT2D eigenvalue weighted by molar-refractivity contribution is 5.99. The van der Waals surface area contributed by atoms with Crippen molar-refractivity contribution in [3.63, 3.8) is 0 Å². The zero-order valence-corrected chi connectivity index (χ0v) is 12.7. The van der Waals surface area contributed by atoms with Crippen LogP contribution in [-0.2, 0) is 11.8 Å². The topological polar surface area (TPSA) is 52.3 Å². The van der Waals surface area contributed by atoms with Crippen molar-refractivity contribution in [1.29, 1.82) is 0 Å². The standard InChI is InChI=1S/C16H25NO2/c1-6-11-9-12(14(18)7-8-17)15(19-5)13(10-11)16(2,3)4/h9-10H,6-8,17H2,1-5H3. The lowest BCUT2D eigenvalue weighted by atomic mass is 9.83. The number of hydrogen-bond donors (Lipinski definition) is 1. The molecule has 0 aromatic heterocycles. The molecule has 0 aliphatic carbocycles. The van der Waals surface area contributed by atoms with Gasteiger partial charge in [0.15, 0.2) is 5.78 Å². The quantitative estimate of drug-likeness (QED) is 0.831. The molecule has 1 aromatic rings. The Kier molecular flexibility index (Phi) is 5.12. The van der Waals surface area contributed by atoms with Gasteiger partial charge in [-0.25, -0.2) is 0 Å². The van der Waals surface area contributed by atoms with Crippen LogP contribution in [0.1, 0.15) is 55.6 Å². The summed E-state index contributed by atoms with van der Waals surface area (Å²) in [5, 5.41) is 0. The normalized spacial score (nSPS) is 11.5. The molecule has 3 heteroatoms. The van der Waals surface area contributed by atoms with Gasteiger partial charge in [0.05, 0.1) is 12.7 Å². The smallest absolute Gasteiger partial charge is 0.167 e. The molecular weight excluding hydrogens is 238 g/mol. The van der Waals surface area contributed by atoms with Crippen molar-refractivity contribution in [3.8, 4) is 5.75 Å². The van der Waals surface area contributed by atoms with Crippen LogP contribution < -0.4 is 10.5 Å². The number of hydrogen-bond acceptors (Lipinski definition) is 3. The number of rotatable bonds is 5. The molecule has 0 saturated heterocycles. The van der Waals surface area contributed by atoms with Gasteiger partial charge in [-0.3, -0.25) is 4.79 Å². The van der Waals surface area contributed by atoms with E-state index in [1.807, 2.05) is 6.07 Å². The van der Waals surface area contributed by atoms with Crippen LogP contribution in [0.3, 0.4) is 0 Å². The number of carbonyl (C=O) groups excluding carboxylic acids is 1. The zero-order valence-electron chi connectivity index (χ0n) is 12.7. The Morgan fingerprint density at radius 2 is 1.95 bits per heavy atom. The summed E-state index contributed by atoms with van der Waals surface area (Å²) in [6.07, 6.45) is 1.25. The largest absolute Gasteiger partial charge is 0.496 e. The average Bonchev–Trinajstić information content (AvgIpc) is 2.36. The van der Waals surface area contributed by atoms with Gasteiger partial charge in [-0.05, 0) is 30.0 Å². The Morgan fingerprint density at radius 3 is 2.37 bits per heavy atom. The summed E-state index contributed by atoms with van der Waals surface area (Å²) in [5.41, 5.74) is 8.33. The summed E-state index contributed by atoms with van der Waals surface area (Å²) < 4.78 is 5.51. The fraction of sp³-hybridized carbons (Fsp3) is 0.562. The number of carbonyl (C=O) groups is 1. The van der Waals surface area contributed by atoms with E-state index in [1.165, 1.54) is 0 Å². The number of ketones is 1. The second-order valence-corrected chi connectivity index (χ2v) is 5.79. The Hall–Kier alpha value is -1.35. The van der Waals surface area contributed by atoms with Crippen molar-refractivity contribution < 1.29 is 9.53 Å². The minimum Gasteiger partial charge on any atom is -0.496 e. The number of methoxy groups -OCH3 is 1. The van der Waals surface area contributed by atoms with Crippen LogP contribution in [0.5, 0.6) is 5.75 Å². The monoisotopic (exact) mass is 263 g/mol. The molecule has 0 heterocycles. The van der Waals surface area contributed by atoms with E-state index in [0.717, 1.165) is 17.5 Å². The second kappa shape index (κ2) is 6.20. The molecule has 0 spiro atoms. The summed E-state index contributed by atoms with van der Waals surface area (Å²) in [5.74, 6) is 0.753. The third kappa shape index (κ3) is 3.57. The van der Waals surface area contributed by atoms with Crippen LogP contribution in [0, 0.1) is 0 Å². The zero-order chi connectivity index (χ0) is 14.6. The van der Waals surface area contributed by atoms with Gasteiger partial charge in [0, 0.05) is 12.0 Å². The van der Waals surface area contributed by atoms with Gasteiger partial charge in [-0.2, -0.15) is 0 Å². The highest BCUT2D eigenvalue weighted by Crippen LogP contribution is 2.36. The molecular formula is C16H25NO2. The summed E-state index contributed by atoms with van der Waals surface area (Å²) in [7, 11) is 1.62. The lowest BCUT2D eigenvalue weighted by Crippen LogP contribution is -2.17. The third-order valence-corrected chi connectivity index (χ3v) is 3.24. The molecule has 1 rings (SSSR count). The lowest BCUT2D eigenvalue weighted by molar-refractivity contribution is 0.0982. The number of ether oxygens (including phenoxy) is 1. The van der Waals surface area contributed by atoms with Crippen LogP contribution >= 0.6 is 0 Å². The first-order valence-corrected chi connectivity index (χ1v) is 6.79. The summed E-state index contributed by atoms with van der Waals surface area (Å²) in [4.78, 5) is 12.2. The molecule has 0 saturated carbocycles. The van der Waals surface area contributed by atoms with E-state index >= 15 is 0 Å². The van der Waals surface area contributed by atoms with Crippen LogP contribution in [0.15, 0.2) is 12.1 Å². The molecule has 2 N–H and O–H groups in total. The van der Waals surface area contributed by atoms with E-state index in [0.29, 0.717) is 24.3 Å². The molecule has 106 valence electrons. The molecule has 0 unspecified atom stereocenters. The van der Waals surface area contributed by atoms with E-state index in [2.05, 4.69) is 33.8 Å². The van der Waals surface area contributed by atoms with E-state index in [1.54, 1.807) is 7.11 Å². The van der Waals surface area contributed by atoms with Crippen LogP contribution in [0.4, 0.5) is 0 Å². The SMILES string of the molecule is CCc1cc(C(=O)CCN)c(OC)c(C(C)(C)C)c1. The first-order valence-electron chi connectivity index (χ1n) is 6.79. The molecule has 0 bridgehead atoms. The Morgan fingerprint density at radius 1 is 1.32 bits per heavy atom. The average molecular weight is 263 g/mol. The number of Topliss-reactive ketones (excluding diaryl/α,β-unsaturated/α-hetero) is 1. The van der Waals surface area contributed by atoms with Crippen molar-refractivity contribution in [2.75, 3.05) is 13.7 Å². The molecule has 1 aromatic carbocycles. The first-order chi connectivity index (χ1) is 8.85.